The molecule has 1 aromatic heterocycles. The van der Waals surface area contributed by atoms with Gasteiger partial charge in [-0.3, -0.25) is 4.79 Å². The number of hydrogen-bond donors (Lipinski definition) is 2. The van der Waals surface area contributed by atoms with Gasteiger partial charge in [0.2, 0.25) is 0 Å². The average Bonchev–Trinajstić information content (AvgIpc) is 2.56. The Labute approximate surface area is 142 Å². The van der Waals surface area contributed by atoms with Crippen molar-refractivity contribution >= 4 is 23.1 Å². The number of piperazine rings is 1. The molecule has 1 aliphatic rings. The van der Waals surface area contributed by atoms with E-state index < -0.39 is 5.91 Å². The number of nitrogens with zero attached hydrogens (tertiary/aromatic N) is 3. The summed E-state index contributed by atoms with van der Waals surface area (Å²) < 4.78 is 0. The minimum absolute atomic E-state index is 0.392. The van der Waals surface area contributed by atoms with Crippen LogP contribution in [0.5, 0.6) is 0 Å². The van der Waals surface area contributed by atoms with E-state index in [1.807, 2.05) is 19.1 Å². The summed E-state index contributed by atoms with van der Waals surface area (Å²) >= 11 is 0. The standard InChI is InChI=1S/C18H23N5O/c1-13-3-8-16(17(19)24)18(20-13)21-14-4-6-15(7-5-14)23-11-9-22(2)10-12-23/h3-8H,9-12H2,1-2H3,(H2,19,24)(H,20,21). The maximum absolute atomic E-state index is 11.5. The van der Waals surface area contributed by atoms with Crippen molar-refractivity contribution in [1.82, 2.24) is 9.88 Å². The molecule has 0 radical (unpaired) electrons. The van der Waals surface area contributed by atoms with Crippen molar-refractivity contribution in [3.63, 3.8) is 0 Å². The van der Waals surface area contributed by atoms with Gasteiger partial charge in [0, 0.05) is 43.2 Å². The predicted molar refractivity (Wildman–Crippen MR) is 96.9 cm³/mol. The molecule has 3 rings (SSSR count). The van der Waals surface area contributed by atoms with Crippen LogP contribution in [0.1, 0.15) is 16.1 Å². The topological polar surface area (TPSA) is 74.5 Å². The smallest absolute Gasteiger partial charge is 0.252 e. The molecule has 3 N–H and O–H groups in total. The Balaban J connectivity index is 1.75. The summed E-state index contributed by atoms with van der Waals surface area (Å²) in [5.74, 6) is 0.00824. The summed E-state index contributed by atoms with van der Waals surface area (Å²) in [5.41, 5.74) is 8.74. The number of anilines is 3. The van der Waals surface area contributed by atoms with E-state index in [1.54, 1.807) is 12.1 Å². The molecule has 24 heavy (non-hydrogen) atoms. The molecule has 1 aliphatic heterocycles. The van der Waals surface area contributed by atoms with Crippen LogP contribution in [0.2, 0.25) is 0 Å². The van der Waals surface area contributed by atoms with E-state index in [0.29, 0.717) is 11.4 Å². The van der Waals surface area contributed by atoms with Gasteiger partial charge in [-0.25, -0.2) is 4.98 Å². The lowest BCUT2D eigenvalue weighted by molar-refractivity contribution is 0.100. The Morgan fingerprint density at radius 3 is 2.38 bits per heavy atom. The Hall–Kier alpha value is -2.60. The zero-order valence-corrected chi connectivity index (χ0v) is 14.1. The van der Waals surface area contributed by atoms with E-state index in [-0.39, 0.29) is 0 Å². The van der Waals surface area contributed by atoms with E-state index in [4.69, 9.17) is 5.73 Å². The Morgan fingerprint density at radius 1 is 1.08 bits per heavy atom. The molecular formula is C18H23N5O. The van der Waals surface area contributed by atoms with Gasteiger partial charge in [-0.15, -0.1) is 0 Å². The molecular weight excluding hydrogens is 302 g/mol. The minimum Gasteiger partial charge on any atom is -0.369 e. The number of aryl methyl sites for hydroxylation is 1. The van der Waals surface area contributed by atoms with E-state index in [2.05, 4.69) is 39.3 Å². The van der Waals surface area contributed by atoms with Gasteiger partial charge in [-0.2, -0.15) is 0 Å². The van der Waals surface area contributed by atoms with Crippen LogP contribution in [0.4, 0.5) is 17.2 Å². The second-order valence-electron chi connectivity index (χ2n) is 6.18. The van der Waals surface area contributed by atoms with Gasteiger partial charge in [0.05, 0.1) is 5.56 Å². The number of benzene rings is 1. The number of nitrogens with two attached hydrogens (primary N) is 1. The zero-order chi connectivity index (χ0) is 17.1. The third-order valence-corrected chi connectivity index (χ3v) is 4.30. The Kier molecular flexibility index (Phi) is 4.66. The highest BCUT2D eigenvalue weighted by Gasteiger charge is 2.14. The molecule has 1 saturated heterocycles. The summed E-state index contributed by atoms with van der Waals surface area (Å²) in [6.07, 6.45) is 0. The summed E-state index contributed by atoms with van der Waals surface area (Å²) in [6.45, 7) is 6.11. The molecule has 0 aliphatic carbocycles. The number of rotatable bonds is 4. The quantitative estimate of drug-likeness (QED) is 0.899. The van der Waals surface area contributed by atoms with Crippen LogP contribution in [-0.4, -0.2) is 49.0 Å². The fourth-order valence-electron chi connectivity index (χ4n) is 2.81. The highest BCUT2D eigenvalue weighted by molar-refractivity contribution is 5.98. The molecule has 126 valence electrons. The van der Waals surface area contributed by atoms with E-state index in [1.165, 1.54) is 5.69 Å². The lowest BCUT2D eigenvalue weighted by Crippen LogP contribution is -2.44. The molecule has 1 amide bonds. The normalized spacial score (nSPS) is 15.3. The van der Waals surface area contributed by atoms with Crippen molar-refractivity contribution < 1.29 is 4.79 Å². The van der Waals surface area contributed by atoms with E-state index in [0.717, 1.165) is 37.6 Å². The van der Waals surface area contributed by atoms with Crippen LogP contribution in [-0.2, 0) is 0 Å². The van der Waals surface area contributed by atoms with Gasteiger partial charge >= 0.3 is 0 Å². The van der Waals surface area contributed by atoms with Gasteiger partial charge in [-0.1, -0.05) is 0 Å². The predicted octanol–water partition coefficient (Wildman–Crippen LogP) is 1.98. The first-order valence-electron chi connectivity index (χ1n) is 8.11. The third-order valence-electron chi connectivity index (χ3n) is 4.30. The second-order valence-corrected chi connectivity index (χ2v) is 6.18. The van der Waals surface area contributed by atoms with Crippen molar-refractivity contribution in [2.24, 2.45) is 5.73 Å². The van der Waals surface area contributed by atoms with Gasteiger partial charge in [0.25, 0.3) is 5.91 Å². The number of carbonyl (C=O) groups excluding carboxylic acids is 1. The molecule has 6 nitrogen and oxygen atoms in total. The zero-order valence-electron chi connectivity index (χ0n) is 14.1. The van der Waals surface area contributed by atoms with Crippen LogP contribution < -0.4 is 16.0 Å². The molecule has 0 unspecified atom stereocenters. The molecule has 0 spiro atoms. The SMILES string of the molecule is Cc1ccc(C(N)=O)c(Nc2ccc(N3CCN(C)CC3)cc2)n1. The lowest BCUT2D eigenvalue weighted by atomic mass is 10.2. The fourth-order valence-corrected chi connectivity index (χ4v) is 2.81. The summed E-state index contributed by atoms with van der Waals surface area (Å²) in [7, 11) is 2.15. The molecule has 1 fully saturated rings. The van der Waals surface area contributed by atoms with Crippen molar-refractivity contribution in [2.45, 2.75) is 6.92 Å². The first kappa shape index (κ1) is 16.3. The number of primary amides is 1. The monoisotopic (exact) mass is 325 g/mol. The first-order valence-corrected chi connectivity index (χ1v) is 8.11. The minimum atomic E-state index is -0.487. The van der Waals surface area contributed by atoms with E-state index >= 15 is 0 Å². The third kappa shape index (κ3) is 3.65. The number of pyridine rings is 1. The van der Waals surface area contributed by atoms with Crippen LogP contribution in [0.3, 0.4) is 0 Å². The van der Waals surface area contributed by atoms with Gasteiger partial charge in [0.15, 0.2) is 0 Å². The molecule has 2 heterocycles. The van der Waals surface area contributed by atoms with Crippen LogP contribution in [0, 0.1) is 6.92 Å². The largest absolute Gasteiger partial charge is 0.369 e. The maximum atomic E-state index is 11.5. The number of amides is 1. The molecule has 0 saturated carbocycles. The fraction of sp³-hybridized carbons (Fsp3) is 0.333. The Morgan fingerprint density at radius 2 is 1.75 bits per heavy atom. The van der Waals surface area contributed by atoms with Crippen LogP contribution >= 0.6 is 0 Å². The van der Waals surface area contributed by atoms with E-state index in [9.17, 15) is 4.79 Å². The van der Waals surface area contributed by atoms with Crippen molar-refractivity contribution in [3.8, 4) is 0 Å². The van der Waals surface area contributed by atoms with Gasteiger partial charge < -0.3 is 20.9 Å². The highest BCUT2D eigenvalue weighted by Crippen LogP contribution is 2.23. The van der Waals surface area contributed by atoms with Crippen molar-refractivity contribution in [2.75, 3.05) is 43.4 Å². The number of hydrogen-bond acceptors (Lipinski definition) is 5. The number of nitrogens with one attached hydrogen (secondary N) is 1. The van der Waals surface area contributed by atoms with Crippen LogP contribution in [0.25, 0.3) is 0 Å². The first-order chi connectivity index (χ1) is 11.5. The molecule has 1 aromatic carbocycles. The second kappa shape index (κ2) is 6.88. The van der Waals surface area contributed by atoms with Crippen molar-refractivity contribution in [3.05, 3.63) is 47.7 Å². The summed E-state index contributed by atoms with van der Waals surface area (Å²) in [5, 5.41) is 3.19. The molecule has 6 heteroatoms. The molecule has 0 atom stereocenters. The van der Waals surface area contributed by atoms with Crippen LogP contribution in [0.15, 0.2) is 36.4 Å². The van der Waals surface area contributed by atoms with Gasteiger partial charge in [0.1, 0.15) is 5.82 Å². The Bertz CT molecular complexity index is 721. The van der Waals surface area contributed by atoms with Gasteiger partial charge in [-0.05, 0) is 50.4 Å². The number of likely N-dealkylation sites (N-methyl/N-ethyl adjacent to an activating group) is 1. The number of carbonyl (C=O) groups is 1. The number of aromatic nitrogens is 1. The summed E-state index contributed by atoms with van der Waals surface area (Å²) in [4.78, 5) is 20.6. The summed E-state index contributed by atoms with van der Waals surface area (Å²) in [6, 6.07) is 11.7. The molecule has 0 bridgehead atoms. The molecule has 2 aromatic rings. The van der Waals surface area contributed by atoms with Crippen molar-refractivity contribution in [1.29, 1.82) is 0 Å². The lowest BCUT2D eigenvalue weighted by Gasteiger charge is -2.34. The maximum Gasteiger partial charge on any atom is 0.252 e. The highest BCUT2D eigenvalue weighted by atomic mass is 16.1. The average molecular weight is 325 g/mol.